The number of rotatable bonds is 12. The molecule has 14 heteroatoms. The van der Waals surface area contributed by atoms with E-state index in [-0.39, 0.29) is 60.1 Å². The number of fused-ring (bicyclic) bond motifs is 2. The fourth-order valence-electron chi connectivity index (χ4n) is 7.10. The minimum absolute atomic E-state index is 0.0593. The molecule has 0 saturated carbocycles. The Balaban J connectivity index is 0.000000179. The van der Waals surface area contributed by atoms with E-state index in [0.717, 1.165) is 16.0 Å². The summed E-state index contributed by atoms with van der Waals surface area (Å²) in [6, 6.07) is 31.2. The maximum atomic E-state index is 13.2. The molecule has 0 saturated heterocycles. The average molecular weight is 865 g/mol. The molecule has 0 fully saturated rings. The van der Waals surface area contributed by atoms with Crippen LogP contribution in [0.5, 0.6) is 0 Å². The smallest absolute Gasteiger partial charge is 0.407 e. The minimum atomic E-state index is -0.594. The number of imide groups is 2. The van der Waals surface area contributed by atoms with E-state index in [1.54, 1.807) is 99.6 Å². The molecule has 2 aliphatic heterocycles. The summed E-state index contributed by atoms with van der Waals surface area (Å²) in [5.74, 6) is -2.02. The van der Waals surface area contributed by atoms with E-state index in [1.165, 1.54) is 41.3 Å². The zero-order chi connectivity index (χ0) is 45.8. The quantitative estimate of drug-likeness (QED) is 0.109. The van der Waals surface area contributed by atoms with Crippen LogP contribution in [0.1, 0.15) is 85.8 Å². The lowest BCUT2D eigenvalue weighted by molar-refractivity contribution is 0.0481. The van der Waals surface area contributed by atoms with Gasteiger partial charge in [0.1, 0.15) is 23.1 Å². The van der Waals surface area contributed by atoms with Gasteiger partial charge >= 0.3 is 6.09 Å². The van der Waals surface area contributed by atoms with Crippen LogP contribution in [0.4, 0.5) is 18.0 Å². The fraction of sp³-hybridized carbons (Fsp3) is 0.286. The van der Waals surface area contributed by atoms with Gasteiger partial charge < -0.3 is 20.9 Å². The van der Waals surface area contributed by atoms with Crippen molar-refractivity contribution in [1.29, 1.82) is 0 Å². The number of alkyl carbamates (subject to hydrolysis) is 1. The fourth-order valence-corrected chi connectivity index (χ4v) is 7.10. The van der Waals surface area contributed by atoms with Crippen molar-refractivity contribution in [3.05, 3.63) is 178 Å². The Morgan fingerprint density at radius 2 is 1.00 bits per heavy atom. The number of benzene rings is 5. The molecule has 7 rings (SSSR count). The Morgan fingerprint density at radius 3 is 1.38 bits per heavy atom. The van der Waals surface area contributed by atoms with Crippen LogP contribution in [-0.2, 0) is 24.0 Å². The lowest BCUT2D eigenvalue weighted by Gasteiger charge is -2.22. The van der Waals surface area contributed by atoms with Gasteiger partial charge in [0.25, 0.3) is 23.6 Å². The number of ether oxygens (including phenoxy) is 1. The van der Waals surface area contributed by atoms with Gasteiger partial charge in [0.15, 0.2) is 0 Å². The Hall–Kier alpha value is -6.64. The number of amides is 5. The maximum absolute atomic E-state index is 13.2. The van der Waals surface area contributed by atoms with Gasteiger partial charge in [-0.3, -0.25) is 29.0 Å². The van der Waals surface area contributed by atoms with Gasteiger partial charge in [-0.15, -0.1) is 0 Å². The second-order valence-corrected chi connectivity index (χ2v) is 16.4. The molecule has 5 aromatic rings. The number of halogens is 3. The Kier molecular flexibility index (Phi) is 16.1. The Morgan fingerprint density at radius 1 is 0.619 bits per heavy atom. The standard InChI is InChI=1S/C18H16FNO2.C17H15FN2O2.C14H20FNO3/c1-12(9-13-5-4-6-14(19)10-13)11-20-17(21)15-7-2-3-8-16(15)18(20)22;18-12-5-3-4-11(8-12)9-13(19)10-20-16(21)14-6-1-2-7-15(14)17(20)22;1-14(2,3)19-13(18)16-12(9-17)8-10-5-4-6-11(15)7-10/h2-8,10,12H,9,11H2,1H3;1-8,13H,9-10,19H2;4-7,12,17H,8-9H2,1-3H3,(H,16,18)/t12-;13-;12-/m000/s1. The van der Waals surface area contributed by atoms with E-state index in [9.17, 15) is 42.3 Å². The molecule has 330 valence electrons. The molecule has 2 aliphatic rings. The van der Waals surface area contributed by atoms with Crippen molar-refractivity contribution in [3.8, 4) is 0 Å². The van der Waals surface area contributed by atoms with Crippen molar-refractivity contribution >= 4 is 29.7 Å². The predicted molar refractivity (Wildman–Crippen MR) is 231 cm³/mol. The van der Waals surface area contributed by atoms with E-state index in [2.05, 4.69) is 5.32 Å². The van der Waals surface area contributed by atoms with E-state index >= 15 is 0 Å². The SMILES string of the molecule is CC(C)(C)OC(=O)N[C@H](CO)Cc1cccc(F)c1.C[C@@H](Cc1cccc(F)c1)CN1C(=O)c2ccccc2C1=O.N[C@@H](Cc1cccc(F)c1)CN1C(=O)c2ccccc2C1=O. The molecule has 5 amide bonds. The zero-order valence-electron chi connectivity index (χ0n) is 35.5. The molecule has 4 N–H and O–H groups in total. The molecule has 0 aliphatic carbocycles. The Bertz CT molecular complexity index is 2240. The van der Waals surface area contributed by atoms with Crippen LogP contribution in [0.15, 0.2) is 121 Å². The van der Waals surface area contributed by atoms with Gasteiger partial charge in [0.2, 0.25) is 0 Å². The van der Waals surface area contributed by atoms with Crippen LogP contribution >= 0.6 is 0 Å². The summed E-state index contributed by atoms with van der Waals surface area (Å²) in [5, 5.41) is 11.8. The molecule has 0 radical (unpaired) electrons. The van der Waals surface area contributed by atoms with Crippen LogP contribution in [0.2, 0.25) is 0 Å². The molecule has 5 aromatic carbocycles. The first-order valence-electron chi connectivity index (χ1n) is 20.4. The average Bonchev–Trinajstić information content (AvgIpc) is 3.60. The van der Waals surface area contributed by atoms with Crippen molar-refractivity contribution in [2.75, 3.05) is 19.7 Å². The summed E-state index contributed by atoms with van der Waals surface area (Å²) in [5.41, 5.74) is 9.48. The molecule has 0 aromatic heterocycles. The Labute approximate surface area is 364 Å². The molecule has 0 bridgehead atoms. The summed E-state index contributed by atoms with van der Waals surface area (Å²) < 4.78 is 44.5. The summed E-state index contributed by atoms with van der Waals surface area (Å²) in [4.78, 5) is 63.1. The third kappa shape index (κ3) is 13.4. The molecular formula is C49H51F3N4O7. The van der Waals surface area contributed by atoms with Crippen molar-refractivity contribution < 1.29 is 47.0 Å². The van der Waals surface area contributed by atoms with Crippen molar-refractivity contribution in [2.24, 2.45) is 11.7 Å². The molecule has 0 unspecified atom stereocenters. The van der Waals surface area contributed by atoms with Gasteiger partial charge in [0.05, 0.1) is 34.9 Å². The first-order valence-corrected chi connectivity index (χ1v) is 20.4. The summed E-state index contributed by atoms with van der Waals surface area (Å²) >= 11 is 0. The van der Waals surface area contributed by atoms with Gasteiger partial charge in [-0.25, -0.2) is 18.0 Å². The van der Waals surface area contributed by atoms with Crippen molar-refractivity contribution in [3.63, 3.8) is 0 Å². The first-order chi connectivity index (χ1) is 29.9. The highest BCUT2D eigenvalue weighted by Gasteiger charge is 2.37. The normalized spacial score (nSPS) is 14.4. The zero-order valence-corrected chi connectivity index (χ0v) is 35.5. The van der Waals surface area contributed by atoms with Crippen molar-refractivity contribution in [2.45, 2.75) is 64.6 Å². The third-order valence-electron chi connectivity index (χ3n) is 9.84. The van der Waals surface area contributed by atoms with Crippen LogP contribution in [0.3, 0.4) is 0 Å². The highest BCUT2D eigenvalue weighted by molar-refractivity contribution is 6.22. The maximum Gasteiger partial charge on any atom is 0.407 e. The number of aliphatic hydroxyl groups excluding tert-OH is 1. The second kappa shape index (κ2) is 21.4. The number of carbonyl (C=O) groups excluding carboxylic acids is 5. The lowest BCUT2D eigenvalue weighted by atomic mass is 10.0. The number of nitrogens with two attached hydrogens (primary N) is 1. The molecule has 2 heterocycles. The predicted octanol–water partition coefficient (Wildman–Crippen LogP) is 7.55. The molecule has 11 nitrogen and oxygen atoms in total. The molecule has 63 heavy (non-hydrogen) atoms. The molecule has 3 atom stereocenters. The number of aliphatic hydroxyl groups is 1. The van der Waals surface area contributed by atoms with Crippen LogP contribution < -0.4 is 11.1 Å². The topological polar surface area (TPSA) is 159 Å². The van der Waals surface area contributed by atoms with E-state index in [4.69, 9.17) is 10.5 Å². The van der Waals surface area contributed by atoms with Gasteiger partial charge in [-0.2, -0.15) is 0 Å². The van der Waals surface area contributed by atoms with Crippen molar-refractivity contribution in [1.82, 2.24) is 15.1 Å². The summed E-state index contributed by atoms with van der Waals surface area (Å²) in [6.45, 7) is 7.43. The van der Waals surface area contributed by atoms with E-state index in [1.807, 2.05) is 13.0 Å². The van der Waals surface area contributed by atoms with Crippen LogP contribution in [0.25, 0.3) is 0 Å². The lowest BCUT2D eigenvalue weighted by Crippen LogP contribution is -2.42. The van der Waals surface area contributed by atoms with Gasteiger partial charge in [0, 0.05) is 19.1 Å². The van der Waals surface area contributed by atoms with Gasteiger partial charge in [-0.05, 0) is 123 Å². The van der Waals surface area contributed by atoms with E-state index in [0.29, 0.717) is 53.6 Å². The third-order valence-corrected chi connectivity index (χ3v) is 9.84. The number of hydrogen-bond donors (Lipinski definition) is 3. The largest absolute Gasteiger partial charge is 0.444 e. The second-order valence-electron chi connectivity index (χ2n) is 16.4. The summed E-state index contributed by atoms with van der Waals surface area (Å²) in [6.07, 6.45) is 0.757. The highest BCUT2D eigenvalue weighted by Crippen LogP contribution is 2.25. The molecule has 0 spiro atoms. The number of carbonyl (C=O) groups is 5. The number of nitrogens with one attached hydrogen (secondary N) is 1. The highest BCUT2D eigenvalue weighted by atomic mass is 19.1. The number of nitrogens with zero attached hydrogens (tertiary/aromatic N) is 2. The first kappa shape index (κ1) is 47.4. The van der Waals surface area contributed by atoms with Gasteiger partial charge in [-0.1, -0.05) is 67.6 Å². The minimum Gasteiger partial charge on any atom is -0.444 e. The monoisotopic (exact) mass is 864 g/mol. The van der Waals surface area contributed by atoms with Crippen LogP contribution in [0, 0.1) is 23.4 Å². The molecular weight excluding hydrogens is 814 g/mol. The summed E-state index contributed by atoms with van der Waals surface area (Å²) in [7, 11) is 0. The van der Waals surface area contributed by atoms with Crippen LogP contribution in [-0.4, -0.2) is 82.0 Å². The number of hydrogen-bond acceptors (Lipinski definition) is 8. The van der Waals surface area contributed by atoms with E-state index < -0.39 is 23.8 Å².